The minimum Gasteiger partial charge on any atom is -0.449 e. The van der Waals surface area contributed by atoms with E-state index >= 15 is 0 Å². The number of nitrogens with one attached hydrogen (secondary N) is 1. The largest absolute Gasteiger partial charge is 0.449 e. The van der Waals surface area contributed by atoms with Crippen molar-refractivity contribution in [2.45, 2.75) is 25.7 Å². The number of ether oxygens (including phenoxy) is 3. The van der Waals surface area contributed by atoms with Crippen LogP contribution in [0.5, 0.6) is 11.5 Å². The molecule has 0 aromatic heterocycles. The van der Waals surface area contributed by atoms with E-state index in [4.69, 9.17) is 27.1 Å². The minimum absolute atomic E-state index is 0.188. The van der Waals surface area contributed by atoms with E-state index in [1.54, 1.807) is 0 Å². The molecule has 0 fully saturated rings. The molecule has 0 amide bonds. The van der Waals surface area contributed by atoms with Gasteiger partial charge in [0.1, 0.15) is 6.61 Å². The van der Waals surface area contributed by atoms with Crippen molar-refractivity contribution in [1.29, 1.82) is 0 Å². The average molecular weight is 285 g/mol. The summed E-state index contributed by atoms with van der Waals surface area (Å²) in [7, 11) is 0. The second kappa shape index (κ2) is 6.54. The van der Waals surface area contributed by atoms with Crippen LogP contribution in [0, 0.1) is 24.7 Å². The van der Waals surface area contributed by atoms with Crippen molar-refractivity contribution in [2.75, 3.05) is 19.7 Å². The zero-order chi connectivity index (χ0) is 15.3. The van der Waals surface area contributed by atoms with Crippen LogP contribution in [0.2, 0.25) is 0 Å². The Morgan fingerprint density at radius 3 is 2.71 bits per heavy atom. The van der Waals surface area contributed by atoms with E-state index < -0.39 is 5.79 Å². The van der Waals surface area contributed by atoms with E-state index in [1.807, 2.05) is 32.0 Å². The van der Waals surface area contributed by atoms with Crippen LogP contribution in [0.1, 0.15) is 25.5 Å². The Kier molecular flexibility index (Phi) is 4.75. The molecule has 1 aromatic carbocycles. The van der Waals surface area contributed by atoms with Crippen molar-refractivity contribution in [1.82, 2.24) is 5.32 Å². The fraction of sp³-hybridized carbons (Fsp3) is 0.412. The summed E-state index contributed by atoms with van der Waals surface area (Å²) in [5, 5.41) is 3.12. The van der Waals surface area contributed by atoms with Crippen LogP contribution in [-0.4, -0.2) is 25.5 Å². The molecular formula is C17H19NO3. The Balaban J connectivity index is 2.14. The maximum atomic E-state index is 5.74. The van der Waals surface area contributed by atoms with Gasteiger partial charge < -0.3 is 19.5 Å². The molecule has 0 spiro atoms. The number of hydrogen-bond acceptors (Lipinski definition) is 4. The lowest BCUT2D eigenvalue weighted by molar-refractivity contribution is -0.0432. The first-order valence-electron chi connectivity index (χ1n) is 6.77. The highest BCUT2D eigenvalue weighted by Gasteiger charge is 2.32. The van der Waals surface area contributed by atoms with Gasteiger partial charge in [0.2, 0.25) is 5.79 Å². The second-order valence-electron chi connectivity index (χ2n) is 5.15. The highest BCUT2D eigenvalue weighted by Crippen LogP contribution is 2.40. The Bertz CT molecular complexity index is 581. The van der Waals surface area contributed by atoms with Crippen LogP contribution in [0.15, 0.2) is 18.2 Å². The lowest BCUT2D eigenvalue weighted by Crippen LogP contribution is -2.29. The molecule has 2 rings (SSSR count). The maximum absolute atomic E-state index is 5.74. The highest BCUT2D eigenvalue weighted by molar-refractivity contribution is 5.46. The van der Waals surface area contributed by atoms with Gasteiger partial charge in [-0.1, -0.05) is 17.9 Å². The number of hydrogen-bond donors (Lipinski definition) is 1. The molecule has 0 bridgehead atoms. The van der Waals surface area contributed by atoms with Gasteiger partial charge in [-0.05, 0) is 17.7 Å². The molecule has 1 aliphatic heterocycles. The van der Waals surface area contributed by atoms with Crippen molar-refractivity contribution in [3.05, 3.63) is 23.8 Å². The first-order chi connectivity index (χ1) is 10.1. The molecule has 0 saturated heterocycles. The molecule has 0 aliphatic carbocycles. The van der Waals surface area contributed by atoms with Crippen LogP contribution in [0.4, 0.5) is 0 Å². The van der Waals surface area contributed by atoms with E-state index in [1.165, 1.54) is 0 Å². The fourth-order valence-corrected chi connectivity index (χ4v) is 2.14. The Morgan fingerprint density at radius 2 is 2.00 bits per heavy atom. The van der Waals surface area contributed by atoms with Crippen molar-refractivity contribution in [3.63, 3.8) is 0 Å². The van der Waals surface area contributed by atoms with Gasteiger partial charge in [-0.15, -0.1) is 12.8 Å². The van der Waals surface area contributed by atoms with Gasteiger partial charge in [-0.2, -0.15) is 0 Å². The van der Waals surface area contributed by atoms with E-state index in [2.05, 4.69) is 17.2 Å². The summed E-state index contributed by atoms with van der Waals surface area (Å²) in [6.45, 7) is 5.03. The highest BCUT2D eigenvalue weighted by atomic mass is 16.7. The molecule has 4 heteroatoms. The first kappa shape index (κ1) is 15.3. The SMILES string of the molecule is C#CCNCC(OCC#C)c1ccc2c(c1)OC(C)(C)O2. The molecule has 110 valence electrons. The quantitative estimate of drug-likeness (QED) is 0.642. The predicted octanol–water partition coefficient (Wildman–Crippen LogP) is 2.11. The topological polar surface area (TPSA) is 39.7 Å². The van der Waals surface area contributed by atoms with Gasteiger partial charge in [0.15, 0.2) is 11.5 Å². The molecule has 1 N–H and O–H groups in total. The van der Waals surface area contributed by atoms with Crippen LogP contribution in [0.25, 0.3) is 0 Å². The Hall–Kier alpha value is -2.14. The van der Waals surface area contributed by atoms with Crippen LogP contribution in [-0.2, 0) is 4.74 Å². The Morgan fingerprint density at radius 1 is 1.24 bits per heavy atom. The maximum Gasteiger partial charge on any atom is 0.246 e. The molecule has 0 saturated carbocycles. The predicted molar refractivity (Wildman–Crippen MR) is 81.0 cm³/mol. The normalized spacial score (nSPS) is 16.0. The van der Waals surface area contributed by atoms with Gasteiger partial charge in [-0.25, -0.2) is 0 Å². The minimum atomic E-state index is -0.641. The Labute approximate surface area is 125 Å². The van der Waals surface area contributed by atoms with E-state index in [0.717, 1.165) is 11.3 Å². The summed E-state index contributed by atoms with van der Waals surface area (Å²) >= 11 is 0. The van der Waals surface area contributed by atoms with E-state index in [-0.39, 0.29) is 12.7 Å². The summed E-state index contributed by atoms with van der Waals surface area (Å²) in [6, 6.07) is 5.75. The third-order valence-corrected chi connectivity index (χ3v) is 2.98. The molecule has 21 heavy (non-hydrogen) atoms. The van der Waals surface area contributed by atoms with Crippen molar-refractivity contribution in [3.8, 4) is 36.2 Å². The molecular weight excluding hydrogens is 266 g/mol. The van der Waals surface area contributed by atoms with Crippen LogP contribution in [0.3, 0.4) is 0 Å². The van der Waals surface area contributed by atoms with Gasteiger partial charge in [0, 0.05) is 20.4 Å². The summed E-state index contributed by atoms with van der Waals surface area (Å²) in [4.78, 5) is 0. The van der Waals surface area contributed by atoms with Crippen molar-refractivity contribution >= 4 is 0 Å². The number of terminal acetylenes is 2. The smallest absolute Gasteiger partial charge is 0.246 e. The monoisotopic (exact) mass is 285 g/mol. The van der Waals surface area contributed by atoms with Crippen LogP contribution < -0.4 is 14.8 Å². The number of rotatable bonds is 6. The second-order valence-corrected chi connectivity index (χ2v) is 5.15. The molecule has 1 aliphatic rings. The van der Waals surface area contributed by atoms with E-state index in [9.17, 15) is 0 Å². The average Bonchev–Trinajstić information content (AvgIpc) is 2.75. The molecule has 1 heterocycles. The molecule has 1 unspecified atom stereocenters. The molecule has 1 aromatic rings. The lowest BCUT2D eigenvalue weighted by Gasteiger charge is -2.18. The zero-order valence-corrected chi connectivity index (χ0v) is 12.3. The molecule has 0 radical (unpaired) electrons. The molecule has 4 nitrogen and oxygen atoms in total. The molecule has 1 atom stereocenters. The summed E-state index contributed by atoms with van der Waals surface area (Å²) in [6.07, 6.45) is 10.3. The van der Waals surface area contributed by atoms with Gasteiger partial charge in [0.05, 0.1) is 12.6 Å². The first-order valence-corrected chi connectivity index (χ1v) is 6.77. The third kappa shape index (κ3) is 3.92. The van der Waals surface area contributed by atoms with Gasteiger partial charge in [0.25, 0.3) is 0 Å². The third-order valence-electron chi connectivity index (χ3n) is 2.98. The lowest BCUT2D eigenvalue weighted by atomic mass is 10.1. The van der Waals surface area contributed by atoms with Crippen molar-refractivity contribution < 1.29 is 14.2 Å². The van der Waals surface area contributed by atoms with Crippen molar-refractivity contribution in [2.24, 2.45) is 0 Å². The van der Waals surface area contributed by atoms with Gasteiger partial charge >= 0.3 is 0 Å². The summed E-state index contributed by atoms with van der Waals surface area (Å²) < 4.78 is 17.1. The number of fused-ring (bicyclic) bond motifs is 1. The summed E-state index contributed by atoms with van der Waals surface area (Å²) in [5.74, 6) is 5.81. The fourth-order valence-electron chi connectivity index (χ4n) is 2.14. The van der Waals surface area contributed by atoms with E-state index in [0.29, 0.717) is 18.8 Å². The number of benzene rings is 1. The van der Waals surface area contributed by atoms with Gasteiger partial charge in [-0.3, -0.25) is 0 Å². The zero-order valence-electron chi connectivity index (χ0n) is 12.3. The summed E-state index contributed by atoms with van der Waals surface area (Å²) in [5.41, 5.74) is 0.967. The van der Waals surface area contributed by atoms with Crippen LogP contribution >= 0.6 is 0 Å². The standard InChI is InChI=1S/C17H19NO3/c1-5-9-18-12-16(19-10-6-2)13-7-8-14-15(11-13)21-17(3,4)20-14/h1-2,7-8,11,16,18H,9-10,12H2,3-4H3.